The van der Waals surface area contributed by atoms with Crippen molar-refractivity contribution in [3.63, 3.8) is 0 Å². The van der Waals surface area contributed by atoms with E-state index in [0.29, 0.717) is 5.82 Å². The van der Waals surface area contributed by atoms with Gasteiger partial charge in [-0.2, -0.15) is 0 Å². The van der Waals surface area contributed by atoms with Gasteiger partial charge in [0.15, 0.2) is 0 Å². The van der Waals surface area contributed by atoms with E-state index in [9.17, 15) is 4.79 Å². The molecule has 2 unspecified atom stereocenters. The van der Waals surface area contributed by atoms with Gasteiger partial charge in [0.05, 0.1) is 6.04 Å². The second kappa shape index (κ2) is 5.09. The molecular weight excluding hydrogens is 278 g/mol. The number of hydrogen-bond acceptors (Lipinski definition) is 4. The number of nitrogens with zero attached hydrogens (tertiary/aromatic N) is 3. The number of ether oxygens (including phenoxy) is 1. The van der Waals surface area contributed by atoms with E-state index in [1.165, 1.54) is 11.1 Å². The number of amides is 1. The molecule has 0 N–H and O–H groups in total. The third kappa shape index (κ3) is 2.20. The Balaban J connectivity index is 1.93. The zero-order chi connectivity index (χ0) is 14.1. The summed E-state index contributed by atoms with van der Waals surface area (Å²) < 4.78 is 5.45. The van der Waals surface area contributed by atoms with Gasteiger partial charge in [-0.25, -0.2) is 14.8 Å². The first-order valence-corrected chi connectivity index (χ1v) is 6.58. The van der Waals surface area contributed by atoms with E-state index in [-0.39, 0.29) is 17.4 Å². The van der Waals surface area contributed by atoms with Crippen LogP contribution in [0, 0.1) is 0 Å². The van der Waals surface area contributed by atoms with E-state index in [4.69, 9.17) is 16.3 Å². The normalized spacial score (nSPS) is 21.9. The van der Waals surface area contributed by atoms with Gasteiger partial charge in [0.2, 0.25) is 5.28 Å². The van der Waals surface area contributed by atoms with Crippen molar-refractivity contribution in [1.82, 2.24) is 9.97 Å². The van der Waals surface area contributed by atoms with Crippen LogP contribution in [0.25, 0.3) is 0 Å². The lowest BCUT2D eigenvalue weighted by molar-refractivity contribution is 0.134. The molecule has 2 atom stereocenters. The maximum absolute atomic E-state index is 12.1. The summed E-state index contributed by atoms with van der Waals surface area (Å²) in [6, 6.07) is 11.1. The third-order valence-corrected chi connectivity index (χ3v) is 3.44. The second-order valence-electron chi connectivity index (χ2n) is 4.51. The zero-order valence-electron chi connectivity index (χ0n) is 10.7. The molecule has 1 saturated heterocycles. The van der Waals surface area contributed by atoms with Crippen LogP contribution in [0.4, 0.5) is 10.6 Å². The minimum atomic E-state index is -0.430. The van der Waals surface area contributed by atoms with Gasteiger partial charge >= 0.3 is 6.09 Å². The zero-order valence-corrected chi connectivity index (χ0v) is 11.5. The highest BCUT2D eigenvalue weighted by Gasteiger charge is 2.41. The summed E-state index contributed by atoms with van der Waals surface area (Å²) in [4.78, 5) is 21.4. The fourth-order valence-corrected chi connectivity index (χ4v) is 2.46. The fourth-order valence-electron chi connectivity index (χ4n) is 2.32. The van der Waals surface area contributed by atoms with Crippen molar-refractivity contribution in [2.24, 2.45) is 0 Å². The molecule has 2 heterocycles. The molecule has 5 nitrogen and oxygen atoms in total. The van der Waals surface area contributed by atoms with Crippen LogP contribution < -0.4 is 4.90 Å². The Morgan fingerprint density at radius 2 is 2.00 bits per heavy atom. The van der Waals surface area contributed by atoms with Crippen LogP contribution in [-0.4, -0.2) is 22.1 Å². The molecule has 6 heteroatoms. The van der Waals surface area contributed by atoms with Crippen molar-refractivity contribution in [2.45, 2.75) is 19.1 Å². The van der Waals surface area contributed by atoms with Gasteiger partial charge in [-0.15, -0.1) is 0 Å². The molecule has 0 spiro atoms. The van der Waals surface area contributed by atoms with Gasteiger partial charge in [0.25, 0.3) is 0 Å². The van der Waals surface area contributed by atoms with E-state index in [2.05, 4.69) is 9.97 Å². The van der Waals surface area contributed by atoms with Gasteiger partial charge in [0.1, 0.15) is 11.9 Å². The minimum absolute atomic E-state index is 0.102. The summed E-state index contributed by atoms with van der Waals surface area (Å²) in [6.45, 7) is 1.92. The Hall–Kier alpha value is -2.14. The number of benzene rings is 1. The molecule has 1 aliphatic rings. The monoisotopic (exact) mass is 289 g/mol. The molecule has 0 aliphatic carbocycles. The topological polar surface area (TPSA) is 55.3 Å². The quantitative estimate of drug-likeness (QED) is 0.797. The maximum Gasteiger partial charge on any atom is 0.416 e. The lowest BCUT2D eigenvalue weighted by Gasteiger charge is -2.19. The molecule has 2 aromatic rings. The average Bonchev–Trinajstić information content (AvgIpc) is 2.75. The third-order valence-electron chi connectivity index (χ3n) is 3.26. The molecule has 0 bridgehead atoms. The van der Waals surface area contributed by atoms with Crippen molar-refractivity contribution in [3.05, 3.63) is 53.4 Å². The molecule has 1 fully saturated rings. The predicted molar refractivity (Wildman–Crippen MR) is 74.6 cm³/mol. The molecule has 3 rings (SSSR count). The number of cyclic esters (lactones) is 1. The SMILES string of the molecule is CC1C(c2ccccc2)OC(=O)N1c1ccnc(Cl)n1. The largest absolute Gasteiger partial charge is 0.439 e. The molecule has 20 heavy (non-hydrogen) atoms. The molecule has 102 valence electrons. The Morgan fingerprint density at radius 1 is 1.25 bits per heavy atom. The smallest absolute Gasteiger partial charge is 0.416 e. The van der Waals surface area contributed by atoms with Crippen LogP contribution in [0.5, 0.6) is 0 Å². The van der Waals surface area contributed by atoms with Gasteiger partial charge in [-0.1, -0.05) is 30.3 Å². The molecule has 1 amide bonds. The molecule has 1 aliphatic heterocycles. The molecule has 0 saturated carbocycles. The summed E-state index contributed by atoms with van der Waals surface area (Å²) in [7, 11) is 0. The van der Waals surface area contributed by atoms with Crippen molar-refractivity contribution in [3.8, 4) is 0 Å². The summed E-state index contributed by atoms with van der Waals surface area (Å²) in [5.74, 6) is 0.445. The highest BCUT2D eigenvalue weighted by molar-refractivity contribution is 6.28. The average molecular weight is 290 g/mol. The lowest BCUT2D eigenvalue weighted by atomic mass is 10.0. The number of aromatic nitrogens is 2. The first kappa shape index (κ1) is 12.9. The van der Waals surface area contributed by atoms with Crippen LogP contribution in [0.2, 0.25) is 5.28 Å². The van der Waals surface area contributed by atoms with Crippen molar-refractivity contribution >= 4 is 23.5 Å². The van der Waals surface area contributed by atoms with E-state index in [1.807, 2.05) is 37.3 Å². The number of rotatable bonds is 2. The number of carbonyl (C=O) groups is 1. The van der Waals surface area contributed by atoms with Crippen LogP contribution in [-0.2, 0) is 4.74 Å². The van der Waals surface area contributed by atoms with Crippen molar-refractivity contribution in [2.75, 3.05) is 4.90 Å². The summed E-state index contributed by atoms with van der Waals surface area (Å²) in [5, 5.41) is 0.102. The first-order chi connectivity index (χ1) is 9.66. The standard InChI is InChI=1S/C14H12ClN3O2/c1-9-12(10-5-3-2-4-6-10)20-14(19)18(9)11-7-8-16-13(15)17-11/h2-9,12H,1H3. The Bertz CT molecular complexity index is 635. The highest BCUT2D eigenvalue weighted by Crippen LogP contribution is 2.34. The number of hydrogen-bond donors (Lipinski definition) is 0. The Kier molecular flexibility index (Phi) is 3.28. The summed E-state index contributed by atoms with van der Waals surface area (Å²) >= 11 is 5.77. The second-order valence-corrected chi connectivity index (χ2v) is 4.85. The van der Waals surface area contributed by atoms with Crippen molar-refractivity contribution in [1.29, 1.82) is 0 Å². The van der Waals surface area contributed by atoms with Crippen LogP contribution in [0.3, 0.4) is 0 Å². The highest BCUT2D eigenvalue weighted by atomic mass is 35.5. The van der Waals surface area contributed by atoms with Gasteiger partial charge in [-0.05, 0) is 30.2 Å². The number of anilines is 1. The van der Waals surface area contributed by atoms with Gasteiger partial charge < -0.3 is 4.74 Å². The van der Waals surface area contributed by atoms with E-state index < -0.39 is 6.09 Å². The van der Waals surface area contributed by atoms with E-state index >= 15 is 0 Å². The minimum Gasteiger partial charge on any atom is -0.439 e. The predicted octanol–water partition coefficient (Wildman–Crippen LogP) is 3.22. The molecule has 0 radical (unpaired) electrons. The molecular formula is C14H12ClN3O2. The van der Waals surface area contributed by atoms with E-state index in [1.54, 1.807) is 6.07 Å². The summed E-state index contributed by atoms with van der Waals surface area (Å²) in [6.07, 6.45) is 0.763. The Labute approximate surface area is 121 Å². The maximum atomic E-state index is 12.1. The van der Waals surface area contributed by atoms with Crippen LogP contribution >= 0.6 is 11.6 Å². The van der Waals surface area contributed by atoms with Gasteiger partial charge in [-0.3, -0.25) is 4.90 Å². The Morgan fingerprint density at radius 3 is 2.70 bits per heavy atom. The van der Waals surface area contributed by atoms with Crippen LogP contribution in [0.15, 0.2) is 42.6 Å². The summed E-state index contributed by atoms with van der Waals surface area (Å²) in [5.41, 5.74) is 0.955. The lowest BCUT2D eigenvalue weighted by Crippen LogP contribution is -2.32. The van der Waals surface area contributed by atoms with Crippen LogP contribution in [0.1, 0.15) is 18.6 Å². The molecule has 1 aromatic carbocycles. The number of carbonyl (C=O) groups excluding carboxylic acids is 1. The fraction of sp³-hybridized carbons (Fsp3) is 0.214. The molecule has 1 aromatic heterocycles. The number of halogens is 1. The van der Waals surface area contributed by atoms with E-state index in [0.717, 1.165) is 5.56 Å². The first-order valence-electron chi connectivity index (χ1n) is 6.20. The van der Waals surface area contributed by atoms with Gasteiger partial charge in [0, 0.05) is 6.20 Å². The van der Waals surface area contributed by atoms with Crippen molar-refractivity contribution < 1.29 is 9.53 Å².